The topological polar surface area (TPSA) is 110 Å². The third-order valence-electron chi connectivity index (χ3n) is 7.53. The molecule has 1 aliphatic heterocycles. The van der Waals surface area contributed by atoms with Gasteiger partial charge in [0.2, 0.25) is 6.29 Å². The molecule has 160 valence electrons. The van der Waals surface area contributed by atoms with E-state index in [1.54, 1.807) is 0 Å². The highest BCUT2D eigenvalue weighted by Crippen LogP contribution is 2.62. The lowest BCUT2D eigenvalue weighted by atomic mass is 9.46. The molecular weight excluding hydrogens is 376 g/mol. The number of rotatable bonds is 5. The number of carboxylic acid groups (broad SMARTS) is 1. The molecule has 1 saturated carbocycles. The van der Waals surface area contributed by atoms with Crippen LogP contribution in [0.2, 0.25) is 0 Å². The Kier molecular flexibility index (Phi) is 5.64. The molecule has 3 aliphatic rings. The van der Waals surface area contributed by atoms with Gasteiger partial charge in [0.25, 0.3) is 0 Å². The number of aliphatic carboxylic acids is 1. The Hall–Kier alpha value is -2.15. The van der Waals surface area contributed by atoms with Crippen LogP contribution in [0.4, 0.5) is 0 Å². The van der Waals surface area contributed by atoms with Crippen molar-refractivity contribution in [2.24, 2.45) is 22.7 Å². The Labute approximate surface area is 170 Å². The minimum atomic E-state index is -1.26. The number of fused-ring (bicyclic) bond motifs is 1. The van der Waals surface area contributed by atoms with Crippen molar-refractivity contribution in [2.75, 3.05) is 0 Å². The van der Waals surface area contributed by atoms with Crippen molar-refractivity contribution in [1.82, 2.24) is 0 Å². The van der Waals surface area contributed by atoms with Gasteiger partial charge < -0.3 is 19.7 Å². The quantitative estimate of drug-likeness (QED) is 0.533. The summed E-state index contributed by atoms with van der Waals surface area (Å²) in [6.45, 7) is 7.56. The van der Waals surface area contributed by atoms with E-state index in [1.165, 1.54) is 13.0 Å². The average molecular weight is 406 g/mol. The van der Waals surface area contributed by atoms with E-state index in [1.807, 2.05) is 19.9 Å². The highest BCUT2D eigenvalue weighted by Gasteiger charge is 2.57. The van der Waals surface area contributed by atoms with Crippen LogP contribution in [-0.4, -0.2) is 40.5 Å². The highest BCUT2D eigenvalue weighted by molar-refractivity contribution is 5.85. The van der Waals surface area contributed by atoms with Crippen molar-refractivity contribution in [3.05, 3.63) is 23.3 Å². The molecule has 7 heteroatoms. The number of esters is 2. The predicted octanol–water partition coefficient (Wildman–Crippen LogP) is 2.97. The number of hydrogen-bond donors (Lipinski definition) is 2. The standard InChI is InChI=1S/C22H30O7/c1-12-9-15(28-13(2)23)11-17-21(12,3)8-6-16(19(25)26)22(17,4)7-5-14-10-18(24)29-20(14)27/h9-10,15-17,20,27H,5-8,11H2,1-4H3,(H,25,26)/t15-,16-,17-,20?,21-,22-/m0/s1. The minimum Gasteiger partial charge on any atom is -0.481 e. The van der Waals surface area contributed by atoms with E-state index in [2.05, 4.69) is 6.92 Å². The van der Waals surface area contributed by atoms with Gasteiger partial charge in [-0.2, -0.15) is 0 Å². The van der Waals surface area contributed by atoms with Crippen LogP contribution in [-0.2, 0) is 23.9 Å². The zero-order valence-corrected chi connectivity index (χ0v) is 17.4. The Bertz CT molecular complexity index is 782. The first kappa shape index (κ1) is 21.6. The van der Waals surface area contributed by atoms with Crippen LogP contribution in [0.5, 0.6) is 0 Å². The summed E-state index contributed by atoms with van der Waals surface area (Å²) in [5.41, 5.74) is 0.812. The first-order chi connectivity index (χ1) is 13.5. The molecule has 1 fully saturated rings. The number of carboxylic acids is 1. The number of cyclic esters (lactones) is 1. The van der Waals surface area contributed by atoms with E-state index in [9.17, 15) is 24.6 Å². The molecule has 1 heterocycles. The Morgan fingerprint density at radius 1 is 1.34 bits per heavy atom. The van der Waals surface area contributed by atoms with Crippen molar-refractivity contribution in [1.29, 1.82) is 0 Å². The number of carbonyl (C=O) groups is 3. The molecule has 0 aromatic rings. The van der Waals surface area contributed by atoms with Crippen LogP contribution in [0, 0.1) is 22.7 Å². The Morgan fingerprint density at radius 3 is 2.59 bits per heavy atom. The minimum absolute atomic E-state index is 0.0186. The van der Waals surface area contributed by atoms with E-state index in [4.69, 9.17) is 9.47 Å². The maximum absolute atomic E-state index is 12.2. The van der Waals surface area contributed by atoms with Gasteiger partial charge in [0, 0.05) is 18.6 Å². The summed E-state index contributed by atoms with van der Waals surface area (Å²) in [5.74, 6) is -2.34. The van der Waals surface area contributed by atoms with Crippen LogP contribution in [0.3, 0.4) is 0 Å². The second-order valence-electron chi connectivity index (χ2n) is 9.15. The smallest absolute Gasteiger partial charge is 0.333 e. The second-order valence-corrected chi connectivity index (χ2v) is 9.15. The highest BCUT2D eigenvalue weighted by atomic mass is 16.6. The lowest BCUT2D eigenvalue weighted by molar-refractivity contribution is -0.162. The third kappa shape index (κ3) is 3.84. The van der Waals surface area contributed by atoms with Gasteiger partial charge in [-0.25, -0.2) is 4.79 Å². The molecule has 0 bridgehead atoms. The molecule has 2 aliphatic carbocycles. The van der Waals surface area contributed by atoms with Crippen LogP contribution in [0.15, 0.2) is 23.3 Å². The van der Waals surface area contributed by atoms with Gasteiger partial charge in [0.15, 0.2) is 0 Å². The third-order valence-corrected chi connectivity index (χ3v) is 7.53. The van der Waals surface area contributed by atoms with Crippen molar-refractivity contribution in [3.63, 3.8) is 0 Å². The fourth-order valence-corrected chi connectivity index (χ4v) is 5.79. The van der Waals surface area contributed by atoms with Crippen LogP contribution >= 0.6 is 0 Å². The Balaban J connectivity index is 1.94. The van der Waals surface area contributed by atoms with Crippen molar-refractivity contribution >= 4 is 17.9 Å². The molecule has 7 nitrogen and oxygen atoms in total. The van der Waals surface area contributed by atoms with Crippen molar-refractivity contribution in [2.45, 2.75) is 72.2 Å². The first-order valence-corrected chi connectivity index (χ1v) is 10.2. The zero-order valence-electron chi connectivity index (χ0n) is 17.4. The van der Waals surface area contributed by atoms with Gasteiger partial charge in [-0.3, -0.25) is 9.59 Å². The molecule has 0 radical (unpaired) electrons. The summed E-state index contributed by atoms with van der Waals surface area (Å²) < 4.78 is 10.2. The number of carbonyl (C=O) groups excluding carboxylic acids is 2. The van der Waals surface area contributed by atoms with Gasteiger partial charge in [-0.05, 0) is 61.9 Å². The molecule has 0 aromatic heterocycles. The fourth-order valence-electron chi connectivity index (χ4n) is 5.79. The fraction of sp³-hybridized carbons (Fsp3) is 0.682. The van der Waals surface area contributed by atoms with Gasteiger partial charge in [0.05, 0.1) is 5.92 Å². The molecule has 0 amide bonds. The van der Waals surface area contributed by atoms with E-state index < -0.39 is 29.6 Å². The van der Waals surface area contributed by atoms with Gasteiger partial charge in [-0.15, -0.1) is 0 Å². The summed E-state index contributed by atoms with van der Waals surface area (Å²) in [6, 6.07) is 0. The monoisotopic (exact) mass is 406 g/mol. The molecule has 0 aromatic carbocycles. The van der Waals surface area contributed by atoms with Crippen LogP contribution < -0.4 is 0 Å². The summed E-state index contributed by atoms with van der Waals surface area (Å²) >= 11 is 0. The van der Waals surface area contributed by atoms with E-state index in [0.717, 1.165) is 12.0 Å². The van der Waals surface area contributed by atoms with Gasteiger partial charge >= 0.3 is 17.9 Å². The van der Waals surface area contributed by atoms with Gasteiger partial charge in [-0.1, -0.05) is 19.4 Å². The molecular formula is C22H30O7. The summed E-state index contributed by atoms with van der Waals surface area (Å²) in [6.07, 6.45) is 4.39. The van der Waals surface area contributed by atoms with Gasteiger partial charge in [0.1, 0.15) is 6.10 Å². The Morgan fingerprint density at radius 2 is 2.03 bits per heavy atom. The summed E-state index contributed by atoms with van der Waals surface area (Å²) in [7, 11) is 0. The summed E-state index contributed by atoms with van der Waals surface area (Å²) in [5, 5.41) is 19.9. The van der Waals surface area contributed by atoms with Crippen LogP contribution in [0.25, 0.3) is 0 Å². The SMILES string of the molecule is CC(=O)O[C@H]1C=C(C)[C@]2(C)CC[C@@H](C(=O)O)[C@](C)(CCC3=CC(=O)OC3O)[C@H]2C1. The molecule has 0 saturated heterocycles. The molecule has 0 spiro atoms. The first-order valence-electron chi connectivity index (χ1n) is 10.2. The van der Waals surface area contributed by atoms with Crippen LogP contribution in [0.1, 0.15) is 59.8 Å². The number of ether oxygens (including phenoxy) is 2. The number of aliphatic hydroxyl groups excluding tert-OH is 1. The van der Waals surface area contributed by atoms with Crippen molar-refractivity contribution < 1.29 is 34.1 Å². The lowest BCUT2D eigenvalue weighted by Gasteiger charge is -2.58. The average Bonchev–Trinajstić information content (AvgIpc) is 2.92. The van der Waals surface area contributed by atoms with E-state index in [0.29, 0.717) is 31.3 Å². The normalized spacial score (nSPS) is 39.1. The molecule has 2 N–H and O–H groups in total. The number of allylic oxidation sites excluding steroid dienone is 1. The number of aliphatic hydroxyl groups is 1. The maximum Gasteiger partial charge on any atom is 0.333 e. The summed E-state index contributed by atoms with van der Waals surface area (Å²) in [4.78, 5) is 35.1. The molecule has 1 unspecified atom stereocenters. The second kappa shape index (κ2) is 7.59. The molecule has 29 heavy (non-hydrogen) atoms. The zero-order chi connectivity index (χ0) is 21.6. The largest absolute Gasteiger partial charge is 0.481 e. The van der Waals surface area contributed by atoms with Crippen molar-refractivity contribution in [3.8, 4) is 0 Å². The van der Waals surface area contributed by atoms with E-state index >= 15 is 0 Å². The lowest BCUT2D eigenvalue weighted by Crippen LogP contribution is -2.54. The molecule has 6 atom stereocenters. The predicted molar refractivity (Wildman–Crippen MR) is 103 cm³/mol. The maximum atomic E-state index is 12.2. The van der Waals surface area contributed by atoms with E-state index in [-0.39, 0.29) is 23.4 Å². The molecule has 3 rings (SSSR count). The number of hydrogen-bond acceptors (Lipinski definition) is 6.